The third kappa shape index (κ3) is 3.65. The molecular formula is C13H13FN2O2S3. The number of benzene rings is 1. The summed E-state index contributed by atoms with van der Waals surface area (Å²) in [5.41, 5.74) is 5.16. The van der Waals surface area contributed by atoms with E-state index in [0.29, 0.717) is 0 Å². The Bertz CT molecular complexity index is 784. The lowest BCUT2D eigenvalue weighted by atomic mass is 10.2. The quantitative estimate of drug-likeness (QED) is 0.817. The van der Waals surface area contributed by atoms with Crippen molar-refractivity contribution >= 4 is 38.6 Å². The number of sulfonamides is 1. The van der Waals surface area contributed by atoms with Gasteiger partial charge >= 0.3 is 0 Å². The monoisotopic (exact) mass is 344 g/mol. The van der Waals surface area contributed by atoms with Crippen LogP contribution in [0.4, 0.5) is 4.39 Å². The van der Waals surface area contributed by atoms with Gasteiger partial charge in [-0.15, -0.1) is 11.3 Å². The number of aryl methyl sites for hydroxylation is 1. The summed E-state index contributed by atoms with van der Waals surface area (Å²) in [4.78, 5) is 1.41. The fourth-order valence-electron chi connectivity index (χ4n) is 1.79. The van der Waals surface area contributed by atoms with Gasteiger partial charge in [-0.1, -0.05) is 18.3 Å². The van der Waals surface area contributed by atoms with Gasteiger partial charge in [-0.3, -0.25) is 0 Å². The lowest BCUT2D eigenvalue weighted by Crippen LogP contribution is -2.26. The number of thiophene rings is 1. The molecule has 0 aliphatic heterocycles. The number of rotatable bonds is 5. The molecule has 0 amide bonds. The van der Waals surface area contributed by atoms with E-state index in [9.17, 15) is 12.8 Å². The molecule has 0 aliphatic carbocycles. The van der Waals surface area contributed by atoms with Crippen LogP contribution in [-0.4, -0.2) is 13.4 Å². The van der Waals surface area contributed by atoms with Gasteiger partial charge in [0.25, 0.3) is 0 Å². The Morgan fingerprint density at radius 2 is 2.10 bits per heavy atom. The first kappa shape index (κ1) is 16.0. The first-order chi connectivity index (χ1) is 9.81. The highest BCUT2D eigenvalue weighted by Crippen LogP contribution is 2.20. The lowest BCUT2D eigenvalue weighted by molar-refractivity contribution is 0.577. The summed E-state index contributed by atoms with van der Waals surface area (Å²) in [7, 11) is -3.90. The molecule has 3 N–H and O–H groups in total. The maximum atomic E-state index is 13.7. The van der Waals surface area contributed by atoms with Gasteiger partial charge in [-0.25, -0.2) is 17.5 Å². The minimum Gasteiger partial charge on any atom is -0.389 e. The van der Waals surface area contributed by atoms with Crippen molar-refractivity contribution < 1.29 is 12.8 Å². The zero-order chi connectivity index (χ0) is 15.6. The third-order valence-electron chi connectivity index (χ3n) is 2.74. The van der Waals surface area contributed by atoms with E-state index in [1.807, 2.05) is 19.1 Å². The van der Waals surface area contributed by atoms with Crippen LogP contribution in [-0.2, 0) is 16.6 Å². The molecule has 0 atom stereocenters. The summed E-state index contributed by atoms with van der Waals surface area (Å²) in [6, 6.07) is 7.44. The fourth-order valence-corrected chi connectivity index (χ4v) is 4.22. The molecule has 2 aromatic rings. The zero-order valence-corrected chi connectivity index (χ0v) is 13.5. The topological polar surface area (TPSA) is 72.2 Å². The normalized spacial score (nSPS) is 11.5. The second-order valence-corrected chi connectivity index (χ2v) is 7.86. The fraction of sp³-hybridized carbons (Fsp3) is 0.154. The third-order valence-corrected chi connectivity index (χ3v) is 5.39. The summed E-state index contributed by atoms with van der Waals surface area (Å²) >= 11 is 6.22. The smallest absolute Gasteiger partial charge is 0.241 e. The second kappa shape index (κ2) is 6.18. The van der Waals surface area contributed by atoms with Crippen LogP contribution in [0.3, 0.4) is 0 Å². The predicted octanol–water partition coefficient (Wildman–Crippen LogP) is 2.31. The van der Waals surface area contributed by atoms with Crippen LogP contribution in [0.5, 0.6) is 0 Å². The number of hydrogen-bond acceptors (Lipinski definition) is 4. The van der Waals surface area contributed by atoms with Crippen molar-refractivity contribution in [1.82, 2.24) is 4.72 Å². The molecule has 4 nitrogen and oxygen atoms in total. The Kier molecular flexibility index (Phi) is 4.72. The van der Waals surface area contributed by atoms with E-state index >= 15 is 0 Å². The Morgan fingerprint density at radius 3 is 2.67 bits per heavy atom. The Morgan fingerprint density at radius 1 is 1.38 bits per heavy atom. The molecule has 0 spiro atoms. The molecule has 1 aromatic carbocycles. The van der Waals surface area contributed by atoms with E-state index in [1.165, 1.54) is 23.5 Å². The molecule has 0 radical (unpaired) electrons. The van der Waals surface area contributed by atoms with Crippen LogP contribution in [0.15, 0.2) is 35.2 Å². The molecule has 1 aromatic heterocycles. The van der Waals surface area contributed by atoms with Gasteiger partial charge in [-0.2, -0.15) is 0 Å². The van der Waals surface area contributed by atoms with Gasteiger partial charge in [0.05, 0.1) is 10.5 Å². The van der Waals surface area contributed by atoms with E-state index in [1.54, 1.807) is 0 Å². The van der Waals surface area contributed by atoms with Gasteiger partial charge in [0, 0.05) is 16.3 Å². The van der Waals surface area contributed by atoms with Gasteiger partial charge in [0.2, 0.25) is 10.0 Å². The highest BCUT2D eigenvalue weighted by atomic mass is 32.2. The van der Waals surface area contributed by atoms with E-state index in [-0.39, 0.29) is 22.0 Å². The predicted molar refractivity (Wildman–Crippen MR) is 85.4 cm³/mol. The summed E-state index contributed by atoms with van der Waals surface area (Å²) in [6.07, 6.45) is 0. The Labute approximate surface area is 131 Å². The Balaban J connectivity index is 2.32. The number of nitrogens with two attached hydrogens (primary N) is 1. The number of nitrogens with one attached hydrogen (secondary N) is 1. The van der Waals surface area contributed by atoms with Crippen molar-refractivity contribution in [2.45, 2.75) is 18.4 Å². The largest absolute Gasteiger partial charge is 0.389 e. The standard InChI is InChI=1S/C13H13FN2O2S3/c1-8-5-6-9(20-8)7-16-21(17,18)11-4-2-3-10(14)12(11)13(15)19/h2-6,16H,7H2,1H3,(H2,15,19). The second-order valence-electron chi connectivity index (χ2n) is 4.31. The van der Waals surface area contributed by atoms with Crippen molar-refractivity contribution in [3.8, 4) is 0 Å². The van der Waals surface area contributed by atoms with Crippen molar-refractivity contribution in [2.24, 2.45) is 5.73 Å². The molecule has 0 saturated heterocycles. The highest BCUT2D eigenvalue weighted by Gasteiger charge is 2.22. The average Bonchev–Trinajstić information content (AvgIpc) is 2.82. The molecule has 1 heterocycles. The highest BCUT2D eigenvalue weighted by molar-refractivity contribution is 7.89. The minimum atomic E-state index is -3.90. The summed E-state index contributed by atoms with van der Waals surface area (Å²) in [5.74, 6) is -0.752. The van der Waals surface area contributed by atoms with Crippen molar-refractivity contribution in [3.05, 3.63) is 51.5 Å². The molecule has 8 heteroatoms. The summed E-state index contributed by atoms with van der Waals surface area (Å²) < 4.78 is 40.8. The first-order valence-corrected chi connectivity index (χ1v) is 8.65. The van der Waals surface area contributed by atoms with Crippen LogP contribution >= 0.6 is 23.6 Å². The van der Waals surface area contributed by atoms with Crippen molar-refractivity contribution in [2.75, 3.05) is 0 Å². The van der Waals surface area contributed by atoms with Gasteiger partial charge < -0.3 is 5.73 Å². The zero-order valence-electron chi connectivity index (χ0n) is 11.1. The van der Waals surface area contributed by atoms with Crippen LogP contribution in [0, 0.1) is 12.7 Å². The maximum Gasteiger partial charge on any atom is 0.241 e. The van der Waals surface area contributed by atoms with E-state index < -0.39 is 15.8 Å². The van der Waals surface area contributed by atoms with Gasteiger partial charge in [-0.05, 0) is 31.2 Å². The molecule has 2 rings (SSSR count). The van der Waals surface area contributed by atoms with Gasteiger partial charge in [0.1, 0.15) is 10.8 Å². The molecule has 0 fully saturated rings. The van der Waals surface area contributed by atoms with E-state index in [2.05, 4.69) is 4.72 Å². The van der Waals surface area contributed by atoms with Crippen molar-refractivity contribution in [3.63, 3.8) is 0 Å². The number of thiocarbonyl (C=S) groups is 1. The van der Waals surface area contributed by atoms with E-state index in [0.717, 1.165) is 15.8 Å². The molecule has 21 heavy (non-hydrogen) atoms. The van der Waals surface area contributed by atoms with Crippen LogP contribution in [0.1, 0.15) is 15.3 Å². The van der Waals surface area contributed by atoms with Crippen LogP contribution in [0.25, 0.3) is 0 Å². The molecule has 0 aliphatic rings. The average molecular weight is 344 g/mol. The molecule has 0 unspecified atom stereocenters. The SMILES string of the molecule is Cc1ccc(CNS(=O)(=O)c2cccc(F)c2C(N)=S)s1. The first-order valence-electron chi connectivity index (χ1n) is 5.94. The van der Waals surface area contributed by atoms with Gasteiger partial charge in [0.15, 0.2) is 0 Å². The summed E-state index contributed by atoms with van der Waals surface area (Å²) in [6.45, 7) is 2.06. The molecular weight excluding hydrogens is 331 g/mol. The molecule has 0 saturated carbocycles. The van der Waals surface area contributed by atoms with Crippen LogP contribution in [0.2, 0.25) is 0 Å². The van der Waals surface area contributed by atoms with Crippen LogP contribution < -0.4 is 10.5 Å². The number of halogens is 1. The summed E-state index contributed by atoms with van der Waals surface area (Å²) in [5, 5.41) is 0. The Hall–Kier alpha value is -1.35. The number of hydrogen-bond donors (Lipinski definition) is 2. The van der Waals surface area contributed by atoms with E-state index in [4.69, 9.17) is 18.0 Å². The molecule has 0 bridgehead atoms. The lowest BCUT2D eigenvalue weighted by Gasteiger charge is -2.11. The maximum absolute atomic E-state index is 13.7. The van der Waals surface area contributed by atoms with Crippen molar-refractivity contribution in [1.29, 1.82) is 0 Å². The molecule has 112 valence electrons. The minimum absolute atomic E-state index is 0.133.